The Kier molecular flexibility index (Phi) is 13.6. The van der Waals surface area contributed by atoms with Crippen LogP contribution in [0.25, 0.3) is 89.7 Å². The van der Waals surface area contributed by atoms with Crippen molar-refractivity contribution in [1.82, 2.24) is 61.1 Å². The predicted molar refractivity (Wildman–Crippen MR) is 260 cm³/mol. The molecule has 76 heavy (non-hydrogen) atoms. The van der Waals surface area contributed by atoms with E-state index in [0.717, 1.165) is 0 Å². The maximum absolute atomic E-state index is 13.5. The van der Waals surface area contributed by atoms with Gasteiger partial charge in [-0.15, -0.1) is 0 Å². The van der Waals surface area contributed by atoms with Crippen molar-refractivity contribution in [2.24, 2.45) is 0 Å². The lowest BCUT2D eigenvalue weighted by molar-refractivity contribution is -0.141. The van der Waals surface area contributed by atoms with Crippen molar-refractivity contribution in [1.29, 1.82) is 0 Å². The average Bonchev–Trinajstić information content (AvgIpc) is 4.14. The molecule has 28 nitrogen and oxygen atoms in total. The zero-order chi connectivity index (χ0) is 54.3. The number of aliphatic hydroxyl groups is 4. The van der Waals surface area contributed by atoms with Crippen LogP contribution in [0.2, 0.25) is 0 Å². The number of carboxylic acids is 4. The fraction of sp³-hybridized carbons (Fsp3) is 0.167. The van der Waals surface area contributed by atoms with E-state index in [4.69, 9.17) is 29.9 Å². The minimum Gasteiger partial charge on any atom is -0.480 e. The summed E-state index contributed by atoms with van der Waals surface area (Å²) in [5.41, 5.74) is 0.481. The van der Waals surface area contributed by atoms with E-state index in [2.05, 4.69) is 31.2 Å². The Labute approximate surface area is 422 Å². The summed E-state index contributed by atoms with van der Waals surface area (Å²) in [5.74, 6) is -9.96. The summed E-state index contributed by atoms with van der Waals surface area (Å²) >= 11 is 0. The fourth-order valence-corrected chi connectivity index (χ4v) is 8.07. The van der Waals surface area contributed by atoms with Gasteiger partial charge in [0.15, 0.2) is 47.5 Å². The van der Waals surface area contributed by atoms with Crippen molar-refractivity contribution in [3.63, 3.8) is 0 Å². The lowest BCUT2D eigenvalue weighted by atomic mass is 10.0. The maximum Gasteiger partial charge on any atom is 0.328 e. The molecule has 0 radical (unpaired) electrons. The van der Waals surface area contributed by atoms with Crippen molar-refractivity contribution < 1.29 is 79.2 Å². The number of rotatable bonds is 16. The zero-order valence-electron chi connectivity index (χ0n) is 38.6. The number of aromatic amines is 2. The molecule has 4 unspecified atom stereocenters. The van der Waals surface area contributed by atoms with Gasteiger partial charge in [-0.1, -0.05) is 0 Å². The SMILES string of the molecule is O=C(NC(CO)C(=O)O)c1ccc2c(c1)-c1nc-2nc2[nH]c(nc3nc(nc4[nH]c(n1)c1ccc(C(=O)NC(CO)C(=O)O)cc41)-c1ccc(C(=O)NC(CO)C(=O)O)cc1-3)c1cc(C(=O)NC(CO)C(=O)O)ccc21. The van der Waals surface area contributed by atoms with Crippen molar-refractivity contribution in [3.05, 3.63) is 95.1 Å². The number of aromatic nitrogens is 8. The van der Waals surface area contributed by atoms with Crippen LogP contribution in [0.5, 0.6) is 0 Å². The highest BCUT2D eigenvalue weighted by atomic mass is 16.4. The molecule has 0 spiro atoms. The summed E-state index contributed by atoms with van der Waals surface area (Å²) in [4.78, 5) is 136. The Balaban J connectivity index is 1.35. The summed E-state index contributed by atoms with van der Waals surface area (Å²) < 4.78 is 0. The van der Waals surface area contributed by atoms with Gasteiger partial charge in [-0.25, -0.2) is 49.1 Å². The summed E-state index contributed by atoms with van der Waals surface area (Å²) in [6.45, 7) is -3.72. The molecule has 4 amide bonds. The number of carbonyl (C=O) groups excluding carboxylic acids is 4. The van der Waals surface area contributed by atoms with Crippen LogP contribution >= 0.6 is 0 Å². The molecular formula is C48H38N12O16. The minimum absolute atomic E-state index is 0.0238. The number of carbonyl (C=O) groups is 8. The van der Waals surface area contributed by atoms with E-state index in [1.807, 2.05) is 0 Å². The van der Waals surface area contributed by atoms with Crippen molar-refractivity contribution in [2.75, 3.05) is 26.4 Å². The van der Waals surface area contributed by atoms with Gasteiger partial charge in [0.1, 0.15) is 22.6 Å². The molecule has 0 aliphatic carbocycles. The molecule has 4 atom stereocenters. The Hall–Kier alpha value is -10.2. The summed E-state index contributed by atoms with van der Waals surface area (Å²) in [6, 6.07) is 9.87. The number of hydrogen-bond acceptors (Lipinski definition) is 18. The number of nitrogens with one attached hydrogen (secondary N) is 6. The highest BCUT2D eigenvalue weighted by molar-refractivity contribution is 6.11. The van der Waals surface area contributed by atoms with Crippen molar-refractivity contribution in [2.45, 2.75) is 24.2 Å². The number of benzene rings is 4. The Morgan fingerprint density at radius 3 is 0.908 bits per heavy atom. The minimum atomic E-state index is -1.68. The third-order valence-electron chi connectivity index (χ3n) is 12.0. The number of carboxylic acid groups (broad SMARTS) is 4. The first-order valence-electron chi connectivity index (χ1n) is 22.4. The Bertz CT molecular complexity index is 3840. The molecule has 386 valence electrons. The van der Waals surface area contributed by atoms with Crippen LogP contribution in [-0.2, 0) is 19.2 Å². The number of fused-ring (bicyclic) bond motifs is 20. The normalized spacial score (nSPS) is 13.1. The van der Waals surface area contributed by atoms with Gasteiger partial charge in [-0.3, -0.25) is 19.2 Å². The Morgan fingerprint density at radius 2 is 0.618 bits per heavy atom. The van der Waals surface area contributed by atoms with Gasteiger partial charge >= 0.3 is 23.9 Å². The second-order valence-corrected chi connectivity index (χ2v) is 16.8. The molecule has 28 heteroatoms. The maximum atomic E-state index is 13.5. The van der Waals surface area contributed by atoms with Gasteiger partial charge in [0.05, 0.1) is 26.4 Å². The van der Waals surface area contributed by atoms with Crippen LogP contribution in [0.4, 0.5) is 0 Å². The topological polar surface area (TPSA) is 455 Å². The molecule has 2 aliphatic rings. The van der Waals surface area contributed by atoms with Gasteiger partial charge in [-0.2, -0.15) is 0 Å². The highest BCUT2D eigenvalue weighted by Crippen LogP contribution is 2.38. The first-order valence-corrected chi connectivity index (χ1v) is 22.4. The third kappa shape index (κ3) is 9.62. The van der Waals surface area contributed by atoms with Crippen LogP contribution in [0.3, 0.4) is 0 Å². The van der Waals surface area contributed by atoms with E-state index in [9.17, 15) is 79.2 Å². The van der Waals surface area contributed by atoms with Crippen molar-refractivity contribution >= 4 is 91.6 Å². The van der Waals surface area contributed by atoms with E-state index >= 15 is 0 Å². The van der Waals surface area contributed by atoms with E-state index in [-0.39, 0.29) is 107 Å². The molecule has 3 aromatic heterocycles. The molecular weight excluding hydrogens is 1000 g/mol. The summed E-state index contributed by atoms with van der Waals surface area (Å²) in [7, 11) is 0. The first-order chi connectivity index (χ1) is 36.4. The fourth-order valence-electron chi connectivity index (χ4n) is 8.07. The molecule has 7 aromatic rings. The number of aliphatic hydroxyl groups excluding tert-OH is 4. The van der Waals surface area contributed by atoms with Gasteiger partial charge in [0.2, 0.25) is 0 Å². The Morgan fingerprint density at radius 1 is 0.355 bits per heavy atom. The van der Waals surface area contributed by atoms with E-state index < -0.39 is 98.1 Å². The van der Waals surface area contributed by atoms with Crippen molar-refractivity contribution in [3.8, 4) is 45.6 Å². The van der Waals surface area contributed by atoms with Gasteiger partial charge in [0, 0.05) is 66.1 Å². The number of hydrogen-bond donors (Lipinski definition) is 14. The van der Waals surface area contributed by atoms with E-state index in [0.29, 0.717) is 5.39 Å². The van der Waals surface area contributed by atoms with Crippen LogP contribution in [0, 0.1) is 0 Å². The van der Waals surface area contributed by atoms with E-state index in [1.54, 1.807) is 0 Å². The average molecular weight is 1040 g/mol. The number of nitrogens with zero attached hydrogens (tertiary/aromatic N) is 6. The number of aliphatic carboxylic acids is 4. The van der Waals surface area contributed by atoms with Crippen LogP contribution in [0.1, 0.15) is 41.4 Å². The quantitative estimate of drug-likeness (QED) is 0.0584. The molecule has 0 saturated heterocycles. The zero-order valence-corrected chi connectivity index (χ0v) is 38.6. The van der Waals surface area contributed by atoms with Gasteiger partial charge < -0.3 is 72.1 Å². The molecule has 9 rings (SSSR count). The number of amides is 4. The molecule has 5 heterocycles. The largest absolute Gasteiger partial charge is 0.480 e. The van der Waals surface area contributed by atoms with Crippen LogP contribution < -0.4 is 21.3 Å². The molecule has 0 fully saturated rings. The van der Waals surface area contributed by atoms with Gasteiger partial charge in [0.25, 0.3) is 23.6 Å². The standard InChI is InChI=1S/C48H38N12O16/c61-13-29(45(69)70)49-41(65)17-1-5-21-25(9-17)37-54-33(21)53-34-22-6-2-19(43(67)51-31(15-63)47(73)74)11-27(22)39(55-34)60-40-28-12-20(44(68)52-32(16-64)48(75)76)4-8-24(28)36(59-40)58-38-26-10-18(3-7-23(26)35(56-37)57-38)42(66)50-30(14-62)46(71)72/h1-12,29-32,61-64H,13-16H2,(H,49,65)(H,50,66)(H,51,67)(H,52,68)(H,69,70)(H,71,72)(H,73,74)(H,75,76)(H2,53,54,55,56,57,58,59,60). The first kappa shape index (κ1) is 50.8. The second kappa shape index (κ2) is 20.4. The van der Waals surface area contributed by atoms with Crippen LogP contribution in [-0.4, -0.2) is 179 Å². The lowest BCUT2D eigenvalue weighted by Crippen LogP contribution is -2.43. The van der Waals surface area contributed by atoms with Crippen LogP contribution in [0.15, 0.2) is 72.8 Å². The van der Waals surface area contributed by atoms with E-state index in [1.165, 1.54) is 72.8 Å². The highest BCUT2D eigenvalue weighted by Gasteiger charge is 2.29. The molecule has 14 N–H and O–H groups in total. The monoisotopic (exact) mass is 1040 g/mol. The second-order valence-electron chi connectivity index (χ2n) is 16.8. The third-order valence-corrected chi connectivity index (χ3v) is 12.0. The smallest absolute Gasteiger partial charge is 0.328 e. The number of H-pyrrole nitrogens is 2. The molecule has 4 aromatic carbocycles. The molecule has 0 saturated carbocycles. The van der Waals surface area contributed by atoms with Gasteiger partial charge in [-0.05, 0) is 72.8 Å². The summed E-state index contributed by atoms with van der Waals surface area (Å²) in [6.07, 6.45) is 0. The lowest BCUT2D eigenvalue weighted by Gasteiger charge is -2.12. The predicted octanol–water partition coefficient (Wildman–Crippen LogP) is -0.430. The summed E-state index contributed by atoms with van der Waals surface area (Å²) in [5, 5.41) is 86.5. The molecule has 8 bridgehead atoms. The molecule has 2 aliphatic heterocycles.